The van der Waals surface area contributed by atoms with Gasteiger partial charge in [0, 0.05) is 22.1 Å². The fraction of sp³-hybridized carbons (Fsp3) is 0.0600. The number of hydrogen-bond acceptors (Lipinski definition) is 3. The van der Waals surface area contributed by atoms with Crippen LogP contribution in [0, 0.1) is 0 Å². The van der Waals surface area contributed by atoms with Crippen molar-refractivity contribution in [2.24, 2.45) is 0 Å². The van der Waals surface area contributed by atoms with Crippen molar-refractivity contribution in [3.05, 3.63) is 187 Å². The standard InChI is InChI=1S/C50H35N3/c1-50(2)45-26-12-11-21-41(45)42-28-27-34(31-46(42)50)36-29-30-44(39-20-10-9-19-37(36)39)49-52-47(33-17-7-4-8-18-33)51-48(53-49)43-25-14-23-38-35(22-13-24-40(38)43)32-15-5-3-6-16-32/h3-31H,1-2H3. The Morgan fingerprint density at radius 2 is 0.736 bits per heavy atom. The van der Waals surface area contributed by atoms with Crippen LogP contribution in [0.15, 0.2) is 176 Å². The molecule has 0 radical (unpaired) electrons. The lowest BCUT2D eigenvalue weighted by Crippen LogP contribution is -2.14. The van der Waals surface area contributed by atoms with Gasteiger partial charge < -0.3 is 0 Å². The minimum absolute atomic E-state index is 0.0731. The van der Waals surface area contributed by atoms with Gasteiger partial charge in [0.2, 0.25) is 0 Å². The first-order valence-corrected chi connectivity index (χ1v) is 18.2. The Bertz CT molecular complexity index is 2860. The molecule has 9 aromatic rings. The lowest BCUT2D eigenvalue weighted by atomic mass is 9.81. The van der Waals surface area contributed by atoms with Crippen molar-refractivity contribution in [3.8, 4) is 67.5 Å². The zero-order chi connectivity index (χ0) is 35.5. The van der Waals surface area contributed by atoms with Crippen LogP contribution >= 0.6 is 0 Å². The predicted octanol–water partition coefficient (Wildman–Crippen LogP) is 12.8. The monoisotopic (exact) mass is 677 g/mol. The SMILES string of the molecule is CC1(C)c2ccccc2-c2ccc(-c3ccc(-c4nc(-c5ccccc5)nc(-c5cccc6c(-c7ccccc7)cccc56)n4)c4ccccc34)cc21. The quantitative estimate of drug-likeness (QED) is 0.182. The maximum Gasteiger partial charge on any atom is 0.164 e. The Morgan fingerprint density at radius 1 is 0.302 bits per heavy atom. The van der Waals surface area contributed by atoms with Gasteiger partial charge in [-0.15, -0.1) is 0 Å². The highest BCUT2D eigenvalue weighted by molar-refractivity contribution is 6.06. The van der Waals surface area contributed by atoms with E-state index in [4.69, 9.17) is 15.0 Å². The molecule has 0 amide bonds. The topological polar surface area (TPSA) is 38.7 Å². The summed E-state index contributed by atoms with van der Waals surface area (Å²) in [5.74, 6) is 1.95. The molecule has 8 aromatic carbocycles. The summed E-state index contributed by atoms with van der Waals surface area (Å²) in [5, 5.41) is 4.54. The van der Waals surface area contributed by atoms with Crippen molar-refractivity contribution in [2.75, 3.05) is 0 Å². The average Bonchev–Trinajstić information content (AvgIpc) is 3.45. The van der Waals surface area contributed by atoms with E-state index in [9.17, 15) is 0 Å². The maximum atomic E-state index is 5.27. The fourth-order valence-corrected chi connectivity index (χ4v) is 8.33. The average molecular weight is 678 g/mol. The number of rotatable bonds is 5. The molecule has 0 N–H and O–H groups in total. The number of aromatic nitrogens is 3. The van der Waals surface area contributed by atoms with Crippen LogP contribution in [0.1, 0.15) is 25.0 Å². The van der Waals surface area contributed by atoms with Gasteiger partial charge in [-0.1, -0.05) is 178 Å². The van der Waals surface area contributed by atoms with Crippen LogP contribution < -0.4 is 0 Å². The summed E-state index contributed by atoms with van der Waals surface area (Å²) in [6.07, 6.45) is 0. The summed E-state index contributed by atoms with van der Waals surface area (Å²) in [4.78, 5) is 15.6. The first-order valence-electron chi connectivity index (χ1n) is 18.2. The molecular weight excluding hydrogens is 643 g/mol. The number of benzene rings is 8. The molecule has 3 heteroatoms. The highest BCUT2D eigenvalue weighted by Crippen LogP contribution is 2.50. The Hall–Kier alpha value is -6.71. The van der Waals surface area contributed by atoms with E-state index in [-0.39, 0.29) is 5.41 Å². The van der Waals surface area contributed by atoms with Gasteiger partial charge >= 0.3 is 0 Å². The van der Waals surface area contributed by atoms with Crippen LogP contribution in [0.3, 0.4) is 0 Å². The molecule has 3 nitrogen and oxygen atoms in total. The molecule has 0 spiro atoms. The van der Waals surface area contributed by atoms with Gasteiger partial charge in [-0.05, 0) is 78.2 Å². The predicted molar refractivity (Wildman–Crippen MR) is 220 cm³/mol. The van der Waals surface area contributed by atoms with Crippen molar-refractivity contribution in [1.29, 1.82) is 0 Å². The molecule has 0 saturated heterocycles. The van der Waals surface area contributed by atoms with E-state index >= 15 is 0 Å². The molecule has 0 fully saturated rings. The summed E-state index contributed by atoms with van der Waals surface area (Å²) in [5.41, 5.74) is 13.0. The number of fused-ring (bicyclic) bond motifs is 5. The van der Waals surface area contributed by atoms with Crippen molar-refractivity contribution in [2.45, 2.75) is 19.3 Å². The van der Waals surface area contributed by atoms with Gasteiger partial charge in [-0.25, -0.2) is 15.0 Å². The molecule has 10 rings (SSSR count). The van der Waals surface area contributed by atoms with Crippen LogP contribution in [-0.4, -0.2) is 15.0 Å². The summed E-state index contributed by atoms with van der Waals surface area (Å²) in [6.45, 7) is 4.67. The van der Waals surface area contributed by atoms with Crippen LogP contribution in [0.25, 0.3) is 89.1 Å². The zero-order valence-electron chi connectivity index (χ0n) is 29.6. The van der Waals surface area contributed by atoms with E-state index in [1.165, 1.54) is 49.9 Å². The third-order valence-electron chi connectivity index (χ3n) is 11.0. The van der Waals surface area contributed by atoms with Gasteiger partial charge in [-0.3, -0.25) is 0 Å². The second-order valence-electron chi connectivity index (χ2n) is 14.4. The lowest BCUT2D eigenvalue weighted by molar-refractivity contribution is 0.660. The molecule has 1 aliphatic rings. The molecule has 0 unspecified atom stereocenters. The number of hydrogen-bond donors (Lipinski definition) is 0. The van der Waals surface area contributed by atoms with E-state index in [0.29, 0.717) is 17.5 Å². The largest absolute Gasteiger partial charge is 0.208 e. The highest BCUT2D eigenvalue weighted by atomic mass is 15.0. The Labute approximate surface area is 309 Å². The molecule has 0 aliphatic heterocycles. The van der Waals surface area contributed by atoms with Crippen molar-refractivity contribution in [1.82, 2.24) is 15.0 Å². The molecule has 0 saturated carbocycles. The van der Waals surface area contributed by atoms with Gasteiger partial charge in [0.15, 0.2) is 17.5 Å². The minimum Gasteiger partial charge on any atom is -0.208 e. The Balaban J connectivity index is 1.15. The van der Waals surface area contributed by atoms with Crippen LogP contribution in [0.2, 0.25) is 0 Å². The van der Waals surface area contributed by atoms with Gasteiger partial charge in [0.25, 0.3) is 0 Å². The molecule has 250 valence electrons. The van der Waals surface area contributed by atoms with E-state index in [1.54, 1.807) is 0 Å². The molecule has 53 heavy (non-hydrogen) atoms. The normalized spacial score (nSPS) is 12.9. The fourth-order valence-electron chi connectivity index (χ4n) is 8.33. The van der Waals surface area contributed by atoms with Gasteiger partial charge in [0.1, 0.15) is 0 Å². The van der Waals surface area contributed by atoms with E-state index in [1.807, 2.05) is 18.2 Å². The molecule has 1 aliphatic carbocycles. The molecule has 0 bridgehead atoms. The summed E-state index contributed by atoms with van der Waals surface area (Å²) < 4.78 is 0. The van der Waals surface area contributed by atoms with Gasteiger partial charge in [-0.2, -0.15) is 0 Å². The van der Waals surface area contributed by atoms with Gasteiger partial charge in [0.05, 0.1) is 0 Å². The van der Waals surface area contributed by atoms with Crippen LogP contribution in [0.5, 0.6) is 0 Å². The van der Waals surface area contributed by atoms with Crippen LogP contribution in [-0.2, 0) is 5.41 Å². The Kier molecular flexibility index (Phi) is 7.16. The van der Waals surface area contributed by atoms with E-state index in [0.717, 1.165) is 32.8 Å². The summed E-state index contributed by atoms with van der Waals surface area (Å²) >= 11 is 0. The lowest BCUT2D eigenvalue weighted by Gasteiger charge is -2.22. The van der Waals surface area contributed by atoms with Crippen molar-refractivity contribution >= 4 is 21.5 Å². The summed E-state index contributed by atoms with van der Waals surface area (Å²) in [7, 11) is 0. The Morgan fingerprint density at radius 3 is 1.43 bits per heavy atom. The van der Waals surface area contributed by atoms with Crippen molar-refractivity contribution in [3.63, 3.8) is 0 Å². The molecular formula is C50H35N3. The molecule has 0 atom stereocenters. The van der Waals surface area contributed by atoms with Crippen molar-refractivity contribution < 1.29 is 0 Å². The first-order chi connectivity index (χ1) is 26.0. The first kappa shape index (κ1) is 31.1. The smallest absolute Gasteiger partial charge is 0.164 e. The second-order valence-corrected chi connectivity index (χ2v) is 14.4. The van der Waals surface area contributed by atoms with E-state index < -0.39 is 0 Å². The van der Waals surface area contributed by atoms with Crippen LogP contribution in [0.4, 0.5) is 0 Å². The maximum absolute atomic E-state index is 5.27. The third-order valence-corrected chi connectivity index (χ3v) is 11.0. The third kappa shape index (κ3) is 5.08. The second kappa shape index (κ2) is 12.2. The number of nitrogens with zero attached hydrogens (tertiary/aromatic N) is 3. The zero-order valence-corrected chi connectivity index (χ0v) is 29.6. The minimum atomic E-state index is -0.0731. The highest BCUT2D eigenvalue weighted by Gasteiger charge is 2.35. The van der Waals surface area contributed by atoms with E-state index in [2.05, 4.69) is 172 Å². The molecule has 1 aromatic heterocycles. The molecule has 1 heterocycles. The summed E-state index contributed by atoms with van der Waals surface area (Å²) in [6, 6.07) is 62.5.